The van der Waals surface area contributed by atoms with Gasteiger partial charge in [0, 0.05) is 31.9 Å². The Labute approximate surface area is 176 Å². The number of nitrogens with zero attached hydrogens (tertiary/aromatic N) is 5. The lowest BCUT2D eigenvalue weighted by Gasteiger charge is -2.39. The van der Waals surface area contributed by atoms with E-state index < -0.39 is 30.1 Å². The minimum Gasteiger partial charge on any atom is -0.375 e. The van der Waals surface area contributed by atoms with Crippen LogP contribution in [0.3, 0.4) is 0 Å². The molecule has 11 heteroatoms. The zero-order chi connectivity index (χ0) is 22.2. The highest BCUT2D eigenvalue weighted by Gasteiger charge is 2.47. The standard InChI is InChI=1S/C20H22F3N5O3/c1-13-11-26(8-9-31-13)17-10-18(30)27-7-5-16(20(21,22)23)28(19(27)25-17)12-15(29)14-4-2-3-6-24-14/h2-4,6,10,13,16H,5,7-9,11-12H2,1H3/t13-,16?/m0/s1. The minimum atomic E-state index is -4.59. The molecule has 31 heavy (non-hydrogen) atoms. The average Bonchev–Trinajstić information content (AvgIpc) is 2.73. The number of morpholine rings is 1. The quantitative estimate of drug-likeness (QED) is 0.676. The predicted molar refractivity (Wildman–Crippen MR) is 106 cm³/mol. The Morgan fingerprint density at radius 1 is 1.29 bits per heavy atom. The maximum absolute atomic E-state index is 13.8. The summed E-state index contributed by atoms with van der Waals surface area (Å²) in [5, 5.41) is 0. The van der Waals surface area contributed by atoms with Gasteiger partial charge in [-0.05, 0) is 25.5 Å². The monoisotopic (exact) mass is 437 g/mol. The number of rotatable bonds is 4. The Balaban J connectivity index is 1.74. The number of carbonyl (C=O) groups is 1. The van der Waals surface area contributed by atoms with E-state index in [2.05, 4.69) is 9.97 Å². The van der Waals surface area contributed by atoms with E-state index >= 15 is 0 Å². The van der Waals surface area contributed by atoms with Crippen LogP contribution in [0.2, 0.25) is 0 Å². The normalized spacial score (nSPS) is 21.7. The van der Waals surface area contributed by atoms with Crippen LogP contribution in [0.25, 0.3) is 0 Å². The first-order chi connectivity index (χ1) is 14.7. The molecule has 2 aliphatic rings. The summed E-state index contributed by atoms with van der Waals surface area (Å²) in [5.74, 6) is -0.452. The van der Waals surface area contributed by atoms with Gasteiger partial charge in [0.25, 0.3) is 5.56 Å². The smallest absolute Gasteiger partial charge is 0.375 e. The van der Waals surface area contributed by atoms with Crippen LogP contribution in [-0.4, -0.2) is 64.9 Å². The van der Waals surface area contributed by atoms with Crippen molar-refractivity contribution in [2.45, 2.75) is 38.2 Å². The third-order valence-electron chi connectivity index (χ3n) is 5.44. The largest absolute Gasteiger partial charge is 0.408 e. The van der Waals surface area contributed by atoms with E-state index in [4.69, 9.17) is 4.74 Å². The third kappa shape index (κ3) is 4.41. The summed E-state index contributed by atoms with van der Waals surface area (Å²) in [4.78, 5) is 36.5. The Morgan fingerprint density at radius 2 is 2.10 bits per heavy atom. The fraction of sp³-hybridized carbons (Fsp3) is 0.500. The van der Waals surface area contributed by atoms with E-state index in [1.807, 2.05) is 11.8 Å². The second-order valence-corrected chi connectivity index (χ2v) is 7.64. The molecule has 1 saturated heterocycles. The van der Waals surface area contributed by atoms with Crippen LogP contribution in [-0.2, 0) is 11.3 Å². The SMILES string of the molecule is C[C@H]1CN(c2cc(=O)n3c(n2)N(CC(=O)c2ccccn2)C(C(F)(F)F)CC3)CCO1. The predicted octanol–water partition coefficient (Wildman–Crippen LogP) is 1.89. The summed E-state index contributed by atoms with van der Waals surface area (Å²) in [7, 11) is 0. The lowest BCUT2D eigenvalue weighted by atomic mass is 10.1. The molecular formula is C20H22F3N5O3. The van der Waals surface area contributed by atoms with E-state index in [1.54, 1.807) is 12.1 Å². The number of hydrogen-bond acceptors (Lipinski definition) is 7. The van der Waals surface area contributed by atoms with E-state index in [1.165, 1.54) is 22.9 Å². The minimum absolute atomic E-state index is 0.0565. The summed E-state index contributed by atoms with van der Waals surface area (Å²) in [6.07, 6.45) is -3.63. The fourth-order valence-corrected chi connectivity index (χ4v) is 3.93. The Bertz CT molecular complexity index is 1010. The molecule has 0 N–H and O–H groups in total. The molecular weight excluding hydrogens is 415 g/mol. The topological polar surface area (TPSA) is 80.6 Å². The van der Waals surface area contributed by atoms with Crippen molar-refractivity contribution in [3.8, 4) is 0 Å². The molecule has 0 saturated carbocycles. The number of ketones is 1. The summed E-state index contributed by atoms with van der Waals surface area (Å²) < 4.78 is 48.2. The van der Waals surface area contributed by atoms with E-state index in [0.29, 0.717) is 19.7 Å². The molecule has 2 aromatic heterocycles. The highest BCUT2D eigenvalue weighted by molar-refractivity contribution is 5.97. The molecule has 0 aliphatic carbocycles. The first kappa shape index (κ1) is 21.3. The average molecular weight is 437 g/mol. The molecule has 4 rings (SSSR count). The van der Waals surface area contributed by atoms with Crippen molar-refractivity contribution >= 4 is 17.5 Å². The lowest BCUT2D eigenvalue weighted by Crippen LogP contribution is -2.54. The molecule has 0 aromatic carbocycles. The van der Waals surface area contributed by atoms with Gasteiger partial charge in [0.1, 0.15) is 17.6 Å². The number of carbonyl (C=O) groups excluding carboxylic acids is 1. The zero-order valence-electron chi connectivity index (χ0n) is 16.9. The molecule has 166 valence electrons. The number of aromatic nitrogens is 3. The first-order valence-electron chi connectivity index (χ1n) is 10.00. The molecule has 2 aliphatic heterocycles. The van der Waals surface area contributed by atoms with Crippen molar-refractivity contribution < 1.29 is 22.7 Å². The second-order valence-electron chi connectivity index (χ2n) is 7.64. The van der Waals surface area contributed by atoms with Crippen molar-refractivity contribution in [3.05, 3.63) is 46.5 Å². The third-order valence-corrected chi connectivity index (χ3v) is 5.44. The number of anilines is 2. The highest BCUT2D eigenvalue weighted by atomic mass is 19.4. The van der Waals surface area contributed by atoms with Gasteiger partial charge in [0.2, 0.25) is 5.95 Å². The summed E-state index contributed by atoms with van der Waals surface area (Å²) >= 11 is 0. The first-order valence-corrected chi connectivity index (χ1v) is 10.00. The molecule has 8 nitrogen and oxygen atoms in total. The Hall–Kier alpha value is -2.95. The highest BCUT2D eigenvalue weighted by Crippen LogP contribution is 2.34. The van der Waals surface area contributed by atoms with Gasteiger partial charge in [-0.2, -0.15) is 18.2 Å². The van der Waals surface area contributed by atoms with Crippen molar-refractivity contribution in [3.63, 3.8) is 0 Å². The summed E-state index contributed by atoms with van der Waals surface area (Å²) in [6.45, 7) is 2.51. The summed E-state index contributed by atoms with van der Waals surface area (Å²) in [6, 6.07) is 4.05. The molecule has 1 unspecified atom stereocenters. The van der Waals surface area contributed by atoms with Gasteiger partial charge in [-0.15, -0.1) is 0 Å². The van der Waals surface area contributed by atoms with Gasteiger partial charge in [-0.3, -0.25) is 19.1 Å². The van der Waals surface area contributed by atoms with Gasteiger partial charge >= 0.3 is 6.18 Å². The maximum Gasteiger partial charge on any atom is 0.408 e. The number of fused-ring (bicyclic) bond motifs is 1. The van der Waals surface area contributed by atoms with Crippen molar-refractivity contribution in [2.75, 3.05) is 36.0 Å². The molecule has 1 fully saturated rings. The van der Waals surface area contributed by atoms with Gasteiger partial charge in [0.15, 0.2) is 5.78 Å². The summed E-state index contributed by atoms with van der Waals surface area (Å²) in [5.41, 5.74) is -0.392. The van der Waals surface area contributed by atoms with Gasteiger partial charge in [-0.25, -0.2) is 0 Å². The molecule has 0 amide bonds. The molecule has 2 aromatic rings. The fourth-order valence-electron chi connectivity index (χ4n) is 3.93. The van der Waals surface area contributed by atoms with Crippen LogP contribution in [0.1, 0.15) is 23.8 Å². The van der Waals surface area contributed by atoms with Crippen molar-refractivity contribution in [2.24, 2.45) is 0 Å². The molecule has 4 heterocycles. The number of Topliss-reactive ketones (excluding diaryl/α,β-unsaturated/α-hetero) is 1. The number of hydrogen-bond donors (Lipinski definition) is 0. The van der Waals surface area contributed by atoms with Crippen molar-refractivity contribution in [1.29, 1.82) is 0 Å². The van der Waals surface area contributed by atoms with Gasteiger partial charge in [-0.1, -0.05) is 6.07 Å². The maximum atomic E-state index is 13.8. The second kappa shape index (κ2) is 8.29. The van der Waals surface area contributed by atoms with Gasteiger partial charge < -0.3 is 14.5 Å². The van der Waals surface area contributed by atoms with Crippen LogP contribution < -0.4 is 15.4 Å². The number of alkyl halides is 3. The molecule has 0 spiro atoms. The van der Waals surface area contributed by atoms with Crippen LogP contribution in [0.15, 0.2) is 35.3 Å². The van der Waals surface area contributed by atoms with Crippen molar-refractivity contribution in [1.82, 2.24) is 14.5 Å². The van der Waals surface area contributed by atoms with Gasteiger partial charge in [0.05, 0.1) is 19.3 Å². The van der Waals surface area contributed by atoms with Crippen LogP contribution in [0.5, 0.6) is 0 Å². The van der Waals surface area contributed by atoms with E-state index in [0.717, 1.165) is 4.90 Å². The van der Waals surface area contributed by atoms with Crippen LogP contribution >= 0.6 is 0 Å². The van der Waals surface area contributed by atoms with Crippen LogP contribution in [0, 0.1) is 0 Å². The Kier molecular flexibility index (Phi) is 5.69. The van der Waals surface area contributed by atoms with Crippen LogP contribution in [0.4, 0.5) is 24.9 Å². The number of ether oxygens (including phenoxy) is 1. The zero-order valence-corrected chi connectivity index (χ0v) is 16.9. The van der Waals surface area contributed by atoms with E-state index in [9.17, 15) is 22.8 Å². The molecule has 2 atom stereocenters. The lowest BCUT2D eigenvalue weighted by molar-refractivity contribution is -0.152. The van der Waals surface area contributed by atoms with E-state index in [-0.39, 0.29) is 36.5 Å². The number of halogens is 3. The number of pyridine rings is 1. The molecule has 0 radical (unpaired) electrons. The molecule has 0 bridgehead atoms. The Morgan fingerprint density at radius 3 is 2.77 bits per heavy atom.